The standard InChI is InChI=1S/C14H13FN2O2/c15-12-5-1-10(2-6-12)9-19-13-7-3-11(4-8-13)14(16)17-18/h1-8,18H,9H2,(H2,16,17). The molecule has 0 fully saturated rings. The van der Waals surface area contributed by atoms with Gasteiger partial charge < -0.3 is 15.7 Å². The predicted molar refractivity (Wildman–Crippen MR) is 69.7 cm³/mol. The van der Waals surface area contributed by atoms with Crippen molar-refractivity contribution in [3.05, 3.63) is 65.5 Å². The van der Waals surface area contributed by atoms with Crippen LogP contribution in [0.1, 0.15) is 11.1 Å². The second kappa shape index (κ2) is 5.86. The van der Waals surface area contributed by atoms with Crippen molar-refractivity contribution in [2.24, 2.45) is 10.9 Å². The molecule has 0 saturated heterocycles. The fourth-order valence-corrected chi connectivity index (χ4v) is 1.53. The Bertz CT molecular complexity index is 565. The maximum Gasteiger partial charge on any atom is 0.170 e. The van der Waals surface area contributed by atoms with Crippen LogP contribution in [-0.4, -0.2) is 11.0 Å². The second-order valence-corrected chi connectivity index (χ2v) is 3.92. The van der Waals surface area contributed by atoms with Crippen molar-refractivity contribution in [1.82, 2.24) is 0 Å². The molecule has 0 aliphatic carbocycles. The number of rotatable bonds is 4. The topological polar surface area (TPSA) is 67.8 Å². The molecule has 0 amide bonds. The predicted octanol–water partition coefficient (Wildman–Crippen LogP) is 2.50. The summed E-state index contributed by atoms with van der Waals surface area (Å²) in [5, 5.41) is 11.4. The summed E-state index contributed by atoms with van der Waals surface area (Å²) in [7, 11) is 0. The van der Waals surface area contributed by atoms with Gasteiger partial charge in [0.25, 0.3) is 0 Å². The van der Waals surface area contributed by atoms with Crippen molar-refractivity contribution >= 4 is 5.84 Å². The first kappa shape index (κ1) is 12.9. The zero-order valence-corrected chi connectivity index (χ0v) is 10.1. The van der Waals surface area contributed by atoms with Crippen LogP contribution in [0.25, 0.3) is 0 Å². The summed E-state index contributed by atoms with van der Waals surface area (Å²) in [6.45, 7) is 0.350. The molecule has 0 spiro atoms. The Morgan fingerprint density at radius 2 is 1.74 bits per heavy atom. The van der Waals surface area contributed by atoms with E-state index in [9.17, 15) is 4.39 Å². The molecule has 2 aromatic rings. The van der Waals surface area contributed by atoms with Crippen LogP contribution in [0.3, 0.4) is 0 Å². The number of amidine groups is 1. The molecule has 0 aliphatic rings. The highest BCUT2D eigenvalue weighted by molar-refractivity contribution is 5.97. The maximum atomic E-state index is 12.7. The number of ether oxygens (including phenoxy) is 1. The van der Waals surface area contributed by atoms with Crippen LogP contribution in [0.2, 0.25) is 0 Å². The third-order valence-corrected chi connectivity index (χ3v) is 2.58. The Morgan fingerprint density at radius 1 is 1.11 bits per heavy atom. The fraction of sp³-hybridized carbons (Fsp3) is 0.0714. The van der Waals surface area contributed by atoms with Crippen LogP contribution in [-0.2, 0) is 6.61 Å². The molecule has 0 aliphatic heterocycles. The van der Waals surface area contributed by atoms with Gasteiger partial charge in [0.05, 0.1) is 0 Å². The minimum absolute atomic E-state index is 0.0464. The Kier molecular flexibility index (Phi) is 3.97. The van der Waals surface area contributed by atoms with Gasteiger partial charge in [-0.3, -0.25) is 0 Å². The molecular formula is C14H13FN2O2. The molecule has 98 valence electrons. The summed E-state index contributed by atoms with van der Waals surface area (Å²) in [6.07, 6.45) is 0. The molecule has 0 radical (unpaired) electrons. The van der Waals surface area contributed by atoms with E-state index in [2.05, 4.69) is 5.16 Å². The molecule has 0 aromatic heterocycles. The third-order valence-electron chi connectivity index (χ3n) is 2.58. The van der Waals surface area contributed by atoms with Crippen molar-refractivity contribution in [3.63, 3.8) is 0 Å². The lowest BCUT2D eigenvalue weighted by Gasteiger charge is -2.07. The number of hydrogen-bond acceptors (Lipinski definition) is 3. The van der Waals surface area contributed by atoms with Gasteiger partial charge in [0.1, 0.15) is 18.2 Å². The molecule has 2 rings (SSSR count). The average Bonchev–Trinajstić information content (AvgIpc) is 2.46. The monoisotopic (exact) mass is 260 g/mol. The first-order chi connectivity index (χ1) is 9.19. The molecule has 0 heterocycles. The first-order valence-electron chi connectivity index (χ1n) is 5.64. The Morgan fingerprint density at radius 3 is 2.32 bits per heavy atom. The summed E-state index contributed by atoms with van der Waals surface area (Å²) < 4.78 is 18.3. The highest BCUT2D eigenvalue weighted by Crippen LogP contribution is 2.14. The van der Waals surface area contributed by atoms with Gasteiger partial charge in [-0.25, -0.2) is 4.39 Å². The van der Waals surface area contributed by atoms with E-state index in [0.29, 0.717) is 17.9 Å². The SMILES string of the molecule is N/C(=N\O)c1ccc(OCc2ccc(F)cc2)cc1. The number of halogens is 1. The van der Waals surface area contributed by atoms with Gasteiger partial charge in [0.15, 0.2) is 5.84 Å². The summed E-state index contributed by atoms with van der Waals surface area (Å²) in [5.74, 6) is 0.427. The summed E-state index contributed by atoms with van der Waals surface area (Å²) in [5.41, 5.74) is 6.93. The third kappa shape index (κ3) is 3.45. The van der Waals surface area contributed by atoms with Crippen molar-refractivity contribution < 1.29 is 14.3 Å². The summed E-state index contributed by atoms with van der Waals surface area (Å²) >= 11 is 0. The normalized spacial score (nSPS) is 11.3. The number of oxime groups is 1. The van der Waals surface area contributed by atoms with E-state index in [1.54, 1.807) is 36.4 Å². The zero-order chi connectivity index (χ0) is 13.7. The van der Waals surface area contributed by atoms with E-state index in [1.807, 2.05) is 0 Å². The first-order valence-corrected chi connectivity index (χ1v) is 5.64. The van der Waals surface area contributed by atoms with Gasteiger partial charge in [-0.1, -0.05) is 17.3 Å². The quantitative estimate of drug-likeness (QED) is 0.384. The Balaban J connectivity index is 1.98. The number of benzene rings is 2. The number of nitrogens with zero attached hydrogens (tertiary/aromatic N) is 1. The molecular weight excluding hydrogens is 247 g/mol. The molecule has 2 aromatic carbocycles. The lowest BCUT2D eigenvalue weighted by atomic mass is 10.2. The highest BCUT2D eigenvalue weighted by Gasteiger charge is 2.00. The van der Waals surface area contributed by atoms with Gasteiger partial charge in [0, 0.05) is 5.56 Å². The highest BCUT2D eigenvalue weighted by atomic mass is 19.1. The van der Waals surface area contributed by atoms with E-state index in [4.69, 9.17) is 15.7 Å². The van der Waals surface area contributed by atoms with Crippen LogP contribution < -0.4 is 10.5 Å². The smallest absolute Gasteiger partial charge is 0.170 e. The Hall–Kier alpha value is -2.56. The van der Waals surface area contributed by atoms with Crippen molar-refractivity contribution in [3.8, 4) is 5.75 Å². The van der Waals surface area contributed by atoms with Gasteiger partial charge in [-0.2, -0.15) is 0 Å². The summed E-state index contributed by atoms with van der Waals surface area (Å²) in [4.78, 5) is 0. The van der Waals surface area contributed by atoms with Crippen LogP contribution in [0.15, 0.2) is 53.7 Å². The lowest BCUT2D eigenvalue weighted by Crippen LogP contribution is -2.12. The molecule has 4 nitrogen and oxygen atoms in total. The second-order valence-electron chi connectivity index (χ2n) is 3.92. The zero-order valence-electron chi connectivity index (χ0n) is 10.1. The molecule has 19 heavy (non-hydrogen) atoms. The van der Waals surface area contributed by atoms with Gasteiger partial charge in [0.2, 0.25) is 0 Å². The largest absolute Gasteiger partial charge is 0.489 e. The van der Waals surface area contributed by atoms with Crippen LogP contribution >= 0.6 is 0 Å². The van der Waals surface area contributed by atoms with Crippen molar-refractivity contribution in [2.75, 3.05) is 0 Å². The molecule has 3 N–H and O–H groups in total. The Labute approximate surface area is 109 Å². The molecule has 0 atom stereocenters. The van der Waals surface area contributed by atoms with E-state index in [-0.39, 0.29) is 11.7 Å². The van der Waals surface area contributed by atoms with Crippen LogP contribution in [0, 0.1) is 5.82 Å². The van der Waals surface area contributed by atoms with Crippen molar-refractivity contribution in [2.45, 2.75) is 6.61 Å². The van der Waals surface area contributed by atoms with Gasteiger partial charge >= 0.3 is 0 Å². The average molecular weight is 260 g/mol. The van der Waals surface area contributed by atoms with E-state index < -0.39 is 0 Å². The van der Waals surface area contributed by atoms with E-state index >= 15 is 0 Å². The number of nitrogens with two attached hydrogens (primary N) is 1. The molecule has 0 saturated carbocycles. The number of hydrogen-bond donors (Lipinski definition) is 2. The molecule has 0 unspecified atom stereocenters. The van der Waals surface area contributed by atoms with Gasteiger partial charge in [-0.15, -0.1) is 0 Å². The summed E-state index contributed by atoms with van der Waals surface area (Å²) in [6, 6.07) is 12.9. The van der Waals surface area contributed by atoms with E-state index in [1.165, 1.54) is 12.1 Å². The maximum absolute atomic E-state index is 12.7. The van der Waals surface area contributed by atoms with Crippen LogP contribution in [0.4, 0.5) is 4.39 Å². The van der Waals surface area contributed by atoms with E-state index in [0.717, 1.165) is 5.56 Å². The van der Waals surface area contributed by atoms with Crippen molar-refractivity contribution in [1.29, 1.82) is 0 Å². The fourth-order valence-electron chi connectivity index (χ4n) is 1.53. The molecule has 5 heteroatoms. The van der Waals surface area contributed by atoms with Gasteiger partial charge in [-0.05, 0) is 42.0 Å². The minimum Gasteiger partial charge on any atom is -0.489 e. The van der Waals surface area contributed by atoms with Crippen LogP contribution in [0.5, 0.6) is 5.75 Å². The minimum atomic E-state index is -0.271. The molecule has 0 bridgehead atoms. The lowest BCUT2D eigenvalue weighted by molar-refractivity contribution is 0.306.